The molecule has 122 valence electrons. The number of aryl methyl sites for hydroxylation is 2. The van der Waals surface area contributed by atoms with Crippen LogP contribution in [0.5, 0.6) is 0 Å². The SMILES string of the molecule is Cc1cc(-c2cc3ccc(=O)[nH]c3nc2-c2cccnc2)cc(C)n1. The van der Waals surface area contributed by atoms with E-state index in [9.17, 15) is 4.79 Å². The van der Waals surface area contributed by atoms with Crippen molar-refractivity contribution >= 4 is 11.0 Å². The Morgan fingerprint density at radius 3 is 2.44 bits per heavy atom. The number of hydrogen-bond donors (Lipinski definition) is 1. The molecule has 5 nitrogen and oxygen atoms in total. The molecule has 0 fully saturated rings. The molecular weight excluding hydrogens is 312 g/mol. The van der Waals surface area contributed by atoms with Gasteiger partial charge in [-0.05, 0) is 55.8 Å². The van der Waals surface area contributed by atoms with E-state index in [1.54, 1.807) is 18.5 Å². The molecule has 25 heavy (non-hydrogen) atoms. The molecule has 0 atom stereocenters. The molecule has 0 aliphatic heterocycles. The Morgan fingerprint density at radius 1 is 0.920 bits per heavy atom. The van der Waals surface area contributed by atoms with Gasteiger partial charge in [0.2, 0.25) is 5.56 Å². The van der Waals surface area contributed by atoms with Crippen molar-refractivity contribution in [3.05, 3.63) is 76.6 Å². The van der Waals surface area contributed by atoms with Gasteiger partial charge in [0.1, 0.15) is 5.65 Å². The second-order valence-electron chi connectivity index (χ2n) is 6.03. The number of fused-ring (bicyclic) bond motifs is 1. The zero-order valence-corrected chi connectivity index (χ0v) is 13.9. The second kappa shape index (κ2) is 5.94. The zero-order chi connectivity index (χ0) is 17.4. The molecule has 4 aromatic heterocycles. The van der Waals surface area contributed by atoms with Gasteiger partial charge in [0, 0.05) is 46.4 Å². The van der Waals surface area contributed by atoms with Gasteiger partial charge in [-0.15, -0.1) is 0 Å². The van der Waals surface area contributed by atoms with Gasteiger partial charge in [-0.2, -0.15) is 0 Å². The lowest BCUT2D eigenvalue weighted by Crippen LogP contribution is -2.04. The summed E-state index contributed by atoms with van der Waals surface area (Å²) < 4.78 is 0. The highest BCUT2D eigenvalue weighted by Crippen LogP contribution is 2.32. The van der Waals surface area contributed by atoms with Gasteiger partial charge in [0.15, 0.2) is 0 Å². The Bertz CT molecular complexity index is 1110. The van der Waals surface area contributed by atoms with Gasteiger partial charge in [-0.1, -0.05) is 0 Å². The first kappa shape index (κ1) is 15.2. The maximum absolute atomic E-state index is 11.7. The average molecular weight is 328 g/mol. The van der Waals surface area contributed by atoms with Crippen molar-refractivity contribution < 1.29 is 0 Å². The van der Waals surface area contributed by atoms with E-state index in [4.69, 9.17) is 4.98 Å². The van der Waals surface area contributed by atoms with Crippen LogP contribution in [-0.4, -0.2) is 19.9 Å². The number of rotatable bonds is 2. The molecule has 4 rings (SSSR count). The van der Waals surface area contributed by atoms with E-state index in [1.165, 1.54) is 6.07 Å². The third-order valence-corrected chi connectivity index (χ3v) is 4.04. The predicted molar refractivity (Wildman–Crippen MR) is 98.3 cm³/mol. The van der Waals surface area contributed by atoms with Crippen molar-refractivity contribution in [3.63, 3.8) is 0 Å². The van der Waals surface area contributed by atoms with Crippen LogP contribution in [0.2, 0.25) is 0 Å². The molecule has 0 unspecified atom stereocenters. The van der Waals surface area contributed by atoms with E-state index in [0.29, 0.717) is 5.65 Å². The van der Waals surface area contributed by atoms with E-state index in [-0.39, 0.29) is 5.56 Å². The summed E-state index contributed by atoms with van der Waals surface area (Å²) in [6.07, 6.45) is 3.51. The fourth-order valence-corrected chi connectivity index (χ4v) is 3.01. The lowest BCUT2D eigenvalue weighted by molar-refractivity contribution is 1.12. The second-order valence-corrected chi connectivity index (χ2v) is 6.03. The summed E-state index contributed by atoms with van der Waals surface area (Å²) in [6.45, 7) is 3.96. The molecule has 4 aromatic rings. The molecule has 1 N–H and O–H groups in total. The molecule has 0 radical (unpaired) electrons. The van der Waals surface area contributed by atoms with Gasteiger partial charge in [0.05, 0.1) is 5.69 Å². The fraction of sp³-hybridized carbons (Fsp3) is 0.100. The summed E-state index contributed by atoms with van der Waals surface area (Å²) in [4.78, 5) is 27.8. The number of hydrogen-bond acceptors (Lipinski definition) is 4. The fourth-order valence-electron chi connectivity index (χ4n) is 3.01. The van der Waals surface area contributed by atoms with Crippen molar-refractivity contribution in [2.24, 2.45) is 0 Å². The van der Waals surface area contributed by atoms with Gasteiger partial charge < -0.3 is 4.98 Å². The van der Waals surface area contributed by atoms with Crippen LogP contribution in [-0.2, 0) is 0 Å². The molecule has 0 spiro atoms. The van der Waals surface area contributed by atoms with Crippen LogP contribution in [0.4, 0.5) is 0 Å². The highest BCUT2D eigenvalue weighted by atomic mass is 16.1. The van der Waals surface area contributed by atoms with Crippen molar-refractivity contribution in [1.82, 2.24) is 19.9 Å². The molecule has 0 saturated heterocycles. The largest absolute Gasteiger partial charge is 0.307 e. The average Bonchev–Trinajstić information content (AvgIpc) is 2.60. The van der Waals surface area contributed by atoms with Crippen LogP contribution < -0.4 is 5.56 Å². The maximum Gasteiger partial charge on any atom is 0.249 e. The summed E-state index contributed by atoms with van der Waals surface area (Å²) >= 11 is 0. The van der Waals surface area contributed by atoms with E-state index < -0.39 is 0 Å². The zero-order valence-electron chi connectivity index (χ0n) is 13.9. The summed E-state index contributed by atoms with van der Waals surface area (Å²) in [7, 11) is 0. The minimum absolute atomic E-state index is 0.166. The third kappa shape index (κ3) is 2.92. The Hall–Kier alpha value is -3.34. The van der Waals surface area contributed by atoms with E-state index in [0.717, 1.165) is 39.2 Å². The van der Waals surface area contributed by atoms with Crippen molar-refractivity contribution in [2.75, 3.05) is 0 Å². The van der Waals surface area contributed by atoms with Crippen molar-refractivity contribution in [2.45, 2.75) is 13.8 Å². The summed E-state index contributed by atoms with van der Waals surface area (Å²) in [5.74, 6) is 0. The monoisotopic (exact) mass is 328 g/mol. The van der Waals surface area contributed by atoms with Gasteiger partial charge in [-0.25, -0.2) is 4.98 Å². The Morgan fingerprint density at radius 2 is 1.72 bits per heavy atom. The molecule has 0 aromatic carbocycles. The predicted octanol–water partition coefficient (Wildman–Crippen LogP) is 3.66. The van der Waals surface area contributed by atoms with E-state index >= 15 is 0 Å². The lowest BCUT2D eigenvalue weighted by Gasteiger charge is -2.12. The maximum atomic E-state index is 11.7. The van der Waals surface area contributed by atoms with E-state index in [2.05, 4.69) is 21.0 Å². The molecule has 0 bridgehead atoms. The van der Waals surface area contributed by atoms with Gasteiger partial charge >= 0.3 is 0 Å². The number of aromatic nitrogens is 4. The van der Waals surface area contributed by atoms with Crippen LogP contribution in [0.25, 0.3) is 33.4 Å². The van der Waals surface area contributed by atoms with E-state index in [1.807, 2.05) is 38.1 Å². The molecule has 0 aliphatic rings. The Kier molecular flexibility index (Phi) is 3.61. The van der Waals surface area contributed by atoms with Crippen LogP contribution in [0.1, 0.15) is 11.4 Å². The minimum Gasteiger partial charge on any atom is -0.307 e. The first-order valence-electron chi connectivity index (χ1n) is 8.00. The third-order valence-electron chi connectivity index (χ3n) is 4.04. The molecule has 5 heteroatoms. The molecule has 0 saturated carbocycles. The van der Waals surface area contributed by atoms with Crippen LogP contribution in [0, 0.1) is 13.8 Å². The first-order valence-corrected chi connectivity index (χ1v) is 8.00. The lowest BCUT2D eigenvalue weighted by atomic mass is 9.98. The van der Waals surface area contributed by atoms with Crippen LogP contribution in [0.3, 0.4) is 0 Å². The van der Waals surface area contributed by atoms with Gasteiger partial charge in [0.25, 0.3) is 0 Å². The molecule has 0 aliphatic carbocycles. The van der Waals surface area contributed by atoms with Crippen molar-refractivity contribution in [1.29, 1.82) is 0 Å². The summed E-state index contributed by atoms with van der Waals surface area (Å²) in [5, 5.41) is 0.884. The topological polar surface area (TPSA) is 71.5 Å². The Labute approximate surface area is 144 Å². The molecular formula is C20H16N4O. The van der Waals surface area contributed by atoms with Crippen LogP contribution >= 0.6 is 0 Å². The molecule has 4 heterocycles. The number of nitrogens with zero attached hydrogens (tertiary/aromatic N) is 3. The molecule has 0 amide bonds. The van der Waals surface area contributed by atoms with Crippen molar-refractivity contribution in [3.8, 4) is 22.4 Å². The number of nitrogens with one attached hydrogen (secondary N) is 1. The number of H-pyrrole nitrogens is 1. The van der Waals surface area contributed by atoms with Crippen LogP contribution in [0.15, 0.2) is 59.7 Å². The van der Waals surface area contributed by atoms with Gasteiger partial charge in [-0.3, -0.25) is 14.8 Å². The highest BCUT2D eigenvalue weighted by Gasteiger charge is 2.13. The highest BCUT2D eigenvalue weighted by molar-refractivity contribution is 5.90. The first-order chi connectivity index (χ1) is 12.1. The minimum atomic E-state index is -0.166. The standard InChI is InChI=1S/C20H16N4O/c1-12-8-16(9-13(2)22-12)17-10-14-5-6-18(25)23-20(14)24-19(17)15-4-3-7-21-11-15/h3-11H,1-2H3,(H,23,24,25). The summed E-state index contributed by atoms with van der Waals surface area (Å²) in [5.41, 5.74) is 6.02. The number of aromatic amines is 1. The quantitative estimate of drug-likeness (QED) is 0.609. The normalized spacial score (nSPS) is 11.0. The summed E-state index contributed by atoms with van der Waals surface area (Å²) in [6, 6.07) is 13.3. The smallest absolute Gasteiger partial charge is 0.249 e. The Balaban J connectivity index is 2.07. The number of pyridine rings is 4.